The number of ether oxygens (including phenoxy) is 2. The van der Waals surface area contributed by atoms with Gasteiger partial charge in [0.25, 0.3) is 0 Å². The Morgan fingerprint density at radius 1 is 1.10 bits per heavy atom. The second-order valence-electron chi connectivity index (χ2n) is 4.43. The zero-order valence-electron chi connectivity index (χ0n) is 11.6. The Morgan fingerprint density at radius 2 is 1.76 bits per heavy atom. The van der Waals surface area contributed by atoms with Crippen molar-refractivity contribution in [3.05, 3.63) is 59.7 Å². The van der Waals surface area contributed by atoms with Gasteiger partial charge >= 0.3 is 0 Å². The van der Waals surface area contributed by atoms with E-state index in [1.165, 1.54) is 14.0 Å². The summed E-state index contributed by atoms with van der Waals surface area (Å²) in [5, 5.41) is 0. The molecule has 2 aromatic rings. The lowest BCUT2D eigenvalue weighted by Crippen LogP contribution is -2.24. The maximum atomic E-state index is 13.5. The van der Waals surface area contributed by atoms with Crippen molar-refractivity contribution in [3.8, 4) is 11.5 Å². The summed E-state index contributed by atoms with van der Waals surface area (Å²) >= 11 is 0. The third kappa shape index (κ3) is 3.56. The highest BCUT2D eigenvalue weighted by Gasteiger charge is 2.18. The summed E-state index contributed by atoms with van der Waals surface area (Å²) in [7, 11) is 1.53. The van der Waals surface area contributed by atoms with E-state index in [4.69, 9.17) is 9.47 Å². The Kier molecular flexibility index (Phi) is 4.52. The van der Waals surface area contributed by atoms with E-state index in [1.807, 2.05) is 0 Å². The number of ketones is 1. The highest BCUT2D eigenvalue weighted by atomic mass is 19.1. The van der Waals surface area contributed by atoms with Gasteiger partial charge in [-0.15, -0.1) is 0 Å². The van der Waals surface area contributed by atoms with Crippen LogP contribution in [0.25, 0.3) is 0 Å². The molecule has 0 heterocycles. The van der Waals surface area contributed by atoms with Crippen molar-refractivity contribution in [2.24, 2.45) is 0 Å². The molecule has 0 radical (unpaired) electrons. The van der Waals surface area contributed by atoms with Crippen LogP contribution in [0, 0.1) is 11.6 Å². The molecule has 0 aliphatic rings. The molecule has 0 aromatic heterocycles. The van der Waals surface area contributed by atoms with Gasteiger partial charge < -0.3 is 9.47 Å². The molecule has 0 aliphatic heterocycles. The maximum Gasteiger partial charge on any atom is 0.202 e. The van der Waals surface area contributed by atoms with E-state index in [2.05, 4.69) is 0 Å². The minimum absolute atomic E-state index is 0.161. The average molecular weight is 292 g/mol. The number of rotatable bonds is 5. The van der Waals surface area contributed by atoms with Gasteiger partial charge in [0.15, 0.2) is 17.7 Å². The highest BCUT2D eigenvalue weighted by Crippen LogP contribution is 2.20. The fourth-order valence-electron chi connectivity index (χ4n) is 1.80. The standard InChI is InChI=1S/C16H14F2O3/c1-10(21-15-8-5-12(17)9-14(15)18)16(19)11-3-6-13(20-2)7-4-11/h3-10H,1-2H3. The summed E-state index contributed by atoms with van der Waals surface area (Å²) in [5.41, 5.74) is 0.422. The van der Waals surface area contributed by atoms with Crippen molar-refractivity contribution in [1.29, 1.82) is 0 Å². The fourth-order valence-corrected chi connectivity index (χ4v) is 1.80. The lowest BCUT2D eigenvalue weighted by Gasteiger charge is -2.14. The van der Waals surface area contributed by atoms with Crippen LogP contribution in [0.5, 0.6) is 11.5 Å². The van der Waals surface area contributed by atoms with Gasteiger partial charge in [-0.2, -0.15) is 0 Å². The van der Waals surface area contributed by atoms with Gasteiger partial charge in [0.05, 0.1) is 7.11 Å². The van der Waals surface area contributed by atoms with Crippen molar-refractivity contribution < 1.29 is 23.0 Å². The molecule has 21 heavy (non-hydrogen) atoms. The first kappa shape index (κ1) is 15.0. The third-order valence-corrected chi connectivity index (χ3v) is 2.94. The topological polar surface area (TPSA) is 35.5 Å². The number of methoxy groups -OCH3 is 1. The Labute approximate surface area is 121 Å². The van der Waals surface area contributed by atoms with Crippen molar-refractivity contribution >= 4 is 5.78 Å². The number of halogens is 2. The van der Waals surface area contributed by atoms with Crippen molar-refractivity contribution in [2.45, 2.75) is 13.0 Å². The number of Topliss-reactive ketones (excluding diaryl/α,β-unsaturated/α-hetero) is 1. The highest BCUT2D eigenvalue weighted by molar-refractivity contribution is 5.99. The maximum absolute atomic E-state index is 13.5. The summed E-state index contributed by atoms with van der Waals surface area (Å²) in [4.78, 5) is 12.2. The van der Waals surface area contributed by atoms with Crippen LogP contribution in [0.4, 0.5) is 8.78 Å². The molecule has 0 aliphatic carbocycles. The van der Waals surface area contributed by atoms with Crippen LogP contribution < -0.4 is 9.47 Å². The van der Waals surface area contributed by atoms with Crippen LogP contribution in [0.3, 0.4) is 0 Å². The second kappa shape index (κ2) is 6.35. The second-order valence-corrected chi connectivity index (χ2v) is 4.43. The van der Waals surface area contributed by atoms with E-state index in [0.717, 1.165) is 12.1 Å². The molecule has 5 heteroatoms. The molecule has 3 nitrogen and oxygen atoms in total. The van der Waals surface area contributed by atoms with Crippen LogP contribution in [0.15, 0.2) is 42.5 Å². The van der Waals surface area contributed by atoms with Crippen molar-refractivity contribution in [1.82, 2.24) is 0 Å². The molecule has 0 saturated heterocycles. The number of hydrogen-bond acceptors (Lipinski definition) is 3. The normalized spacial score (nSPS) is 11.8. The van der Waals surface area contributed by atoms with E-state index >= 15 is 0 Å². The molecule has 2 aromatic carbocycles. The Balaban J connectivity index is 2.11. The zero-order chi connectivity index (χ0) is 15.4. The first-order valence-corrected chi connectivity index (χ1v) is 6.31. The smallest absolute Gasteiger partial charge is 0.202 e. The molecule has 0 spiro atoms. The predicted molar refractivity (Wildman–Crippen MR) is 73.8 cm³/mol. The third-order valence-electron chi connectivity index (χ3n) is 2.94. The quantitative estimate of drug-likeness (QED) is 0.790. The SMILES string of the molecule is COc1ccc(C(=O)C(C)Oc2ccc(F)cc2F)cc1. The number of carbonyl (C=O) groups excluding carboxylic acids is 1. The molecule has 110 valence electrons. The first-order chi connectivity index (χ1) is 10.0. The lowest BCUT2D eigenvalue weighted by molar-refractivity contribution is 0.0812. The van der Waals surface area contributed by atoms with Crippen LogP contribution >= 0.6 is 0 Å². The molecular formula is C16H14F2O3. The Bertz CT molecular complexity index is 638. The molecular weight excluding hydrogens is 278 g/mol. The largest absolute Gasteiger partial charge is 0.497 e. The van der Waals surface area contributed by atoms with Gasteiger partial charge in [-0.25, -0.2) is 8.78 Å². The molecule has 0 amide bonds. The molecule has 1 unspecified atom stereocenters. The van der Waals surface area contributed by atoms with Gasteiger partial charge in [-0.3, -0.25) is 4.79 Å². The number of carbonyl (C=O) groups is 1. The molecule has 0 N–H and O–H groups in total. The van der Waals surface area contributed by atoms with Gasteiger partial charge in [0.1, 0.15) is 11.6 Å². The summed E-state index contributed by atoms with van der Waals surface area (Å²) < 4.78 is 36.5. The Morgan fingerprint density at radius 3 is 2.33 bits per heavy atom. The van der Waals surface area contributed by atoms with Gasteiger partial charge in [0, 0.05) is 11.6 Å². The molecule has 2 rings (SSSR count). The average Bonchev–Trinajstić information content (AvgIpc) is 2.49. The summed E-state index contributed by atoms with van der Waals surface area (Å²) in [5.74, 6) is -1.38. The molecule has 0 fully saturated rings. The van der Waals surface area contributed by atoms with Gasteiger partial charge in [-0.05, 0) is 43.3 Å². The monoisotopic (exact) mass is 292 g/mol. The van der Waals surface area contributed by atoms with Crippen molar-refractivity contribution in [2.75, 3.05) is 7.11 Å². The van der Waals surface area contributed by atoms with E-state index in [9.17, 15) is 13.6 Å². The summed E-state index contributed by atoms with van der Waals surface area (Å²) in [6, 6.07) is 9.44. The van der Waals surface area contributed by atoms with Crippen LogP contribution in [-0.2, 0) is 0 Å². The van der Waals surface area contributed by atoms with Crippen molar-refractivity contribution in [3.63, 3.8) is 0 Å². The first-order valence-electron chi connectivity index (χ1n) is 6.31. The van der Waals surface area contributed by atoms with Crippen LogP contribution in [-0.4, -0.2) is 19.0 Å². The van der Waals surface area contributed by atoms with Crippen LogP contribution in [0.2, 0.25) is 0 Å². The number of hydrogen-bond donors (Lipinski definition) is 0. The molecule has 1 atom stereocenters. The van der Waals surface area contributed by atoms with Crippen LogP contribution in [0.1, 0.15) is 17.3 Å². The molecule has 0 bridgehead atoms. The molecule has 0 saturated carbocycles. The predicted octanol–water partition coefficient (Wildman–Crippen LogP) is 3.62. The van der Waals surface area contributed by atoms with E-state index in [1.54, 1.807) is 24.3 Å². The van der Waals surface area contributed by atoms with Gasteiger partial charge in [0.2, 0.25) is 5.78 Å². The van der Waals surface area contributed by atoms with E-state index in [0.29, 0.717) is 17.4 Å². The van der Waals surface area contributed by atoms with E-state index < -0.39 is 17.7 Å². The van der Waals surface area contributed by atoms with Gasteiger partial charge in [-0.1, -0.05) is 0 Å². The summed E-state index contributed by atoms with van der Waals surface area (Å²) in [6.07, 6.45) is -0.890. The van der Waals surface area contributed by atoms with E-state index in [-0.39, 0.29) is 11.5 Å². The lowest BCUT2D eigenvalue weighted by atomic mass is 10.1. The Hall–Kier alpha value is -2.43. The minimum Gasteiger partial charge on any atom is -0.497 e. The minimum atomic E-state index is -0.890. The zero-order valence-corrected chi connectivity index (χ0v) is 11.6. The number of benzene rings is 2. The summed E-state index contributed by atoms with van der Waals surface area (Å²) in [6.45, 7) is 1.51. The fraction of sp³-hybridized carbons (Fsp3) is 0.188.